The molecule has 0 fully saturated rings. The molecule has 0 saturated carbocycles. The van der Waals surface area contributed by atoms with E-state index in [4.69, 9.17) is 0 Å². The fraction of sp³-hybridized carbons (Fsp3) is 0.375. The molecule has 0 nitrogen and oxygen atoms in total. The van der Waals surface area contributed by atoms with Gasteiger partial charge in [0.2, 0.25) is 0 Å². The Balaban J connectivity index is 3.27. The van der Waals surface area contributed by atoms with E-state index in [1.165, 1.54) is 27.8 Å². The molecule has 0 heterocycles. The third-order valence-electron chi connectivity index (χ3n) is 3.27. The van der Waals surface area contributed by atoms with Gasteiger partial charge >= 0.3 is 0 Å². The molecule has 0 aliphatic carbocycles. The monoisotopic (exact) mass is 214 g/mol. The lowest BCUT2D eigenvalue weighted by atomic mass is 9.94. The summed E-state index contributed by atoms with van der Waals surface area (Å²) in [4.78, 5) is 0. The second-order valence-electron chi connectivity index (χ2n) is 4.54. The van der Waals surface area contributed by atoms with E-state index in [0.717, 1.165) is 12.0 Å². The van der Waals surface area contributed by atoms with E-state index in [1.54, 1.807) is 0 Å². The highest BCUT2D eigenvalue weighted by molar-refractivity contribution is 5.62. The normalized spacial score (nSPS) is 11.7. The van der Waals surface area contributed by atoms with Gasteiger partial charge in [0.1, 0.15) is 0 Å². The van der Waals surface area contributed by atoms with Crippen LogP contribution in [0.25, 0.3) is 6.08 Å². The lowest BCUT2D eigenvalue weighted by Crippen LogP contribution is -1.94. The lowest BCUT2D eigenvalue weighted by molar-refractivity contribution is 1.08. The van der Waals surface area contributed by atoms with Gasteiger partial charge in [-0.3, -0.25) is 0 Å². The SMILES string of the molecule is C=C(C)C(C)=Cc1ccc(C)c(CC)c1C. The first kappa shape index (κ1) is 12.8. The summed E-state index contributed by atoms with van der Waals surface area (Å²) in [5, 5.41) is 0. The van der Waals surface area contributed by atoms with Crippen LogP contribution >= 0.6 is 0 Å². The quantitative estimate of drug-likeness (QED) is 0.631. The van der Waals surface area contributed by atoms with Crippen molar-refractivity contribution in [2.75, 3.05) is 0 Å². The fourth-order valence-corrected chi connectivity index (χ4v) is 1.97. The Kier molecular flexibility index (Phi) is 4.12. The molecule has 86 valence electrons. The highest BCUT2D eigenvalue weighted by atomic mass is 14.1. The average Bonchev–Trinajstić information content (AvgIpc) is 2.22. The van der Waals surface area contributed by atoms with Gasteiger partial charge in [-0.05, 0) is 61.9 Å². The van der Waals surface area contributed by atoms with Crippen molar-refractivity contribution in [3.63, 3.8) is 0 Å². The smallest absolute Gasteiger partial charge is 0.0222 e. The third-order valence-corrected chi connectivity index (χ3v) is 3.27. The largest absolute Gasteiger partial charge is 0.0958 e. The van der Waals surface area contributed by atoms with E-state index in [-0.39, 0.29) is 0 Å². The van der Waals surface area contributed by atoms with Gasteiger partial charge in [-0.15, -0.1) is 0 Å². The Hall–Kier alpha value is -1.30. The van der Waals surface area contributed by atoms with Crippen LogP contribution in [-0.2, 0) is 6.42 Å². The van der Waals surface area contributed by atoms with Crippen LogP contribution in [0.5, 0.6) is 0 Å². The van der Waals surface area contributed by atoms with Gasteiger partial charge in [0.25, 0.3) is 0 Å². The average molecular weight is 214 g/mol. The maximum Gasteiger partial charge on any atom is -0.0222 e. The molecule has 0 saturated heterocycles. The predicted molar refractivity (Wildman–Crippen MR) is 73.8 cm³/mol. The van der Waals surface area contributed by atoms with Crippen LogP contribution < -0.4 is 0 Å². The van der Waals surface area contributed by atoms with Crippen molar-refractivity contribution in [1.29, 1.82) is 0 Å². The van der Waals surface area contributed by atoms with Crippen LogP contribution in [0.3, 0.4) is 0 Å². The molecule has 0 bridgehead atoms. The van der Waals surface area contributed by atoms with E-state index in [9.17, 15) is 0 Å². The van der Waals surface area contributed by atoms with Crippen LogP contribution in [-0.4, -0.2) is 0 Å². The zero-order valence-corrected chi connectivity index (χ0v) is 11.1. The van der Waals surface area contributed by atoms with Crippen LogP contribution in [0.2, 0.25) is 0 Å². The molecule has 0 heteroatoms. The van der Waals surface area contributed by atoms with Crippen molar-refractivity contribution in [3.05, 3.63) is 52.1 Å². The molecule has 0 amide bonds. The van der Waals surface area contributed by atoms with Crippen molar-refractivity contribution < 1.29 is 0 Å². The first-order valence-corrected chi connectivity index (χ1v) is 5.90. The zero-order valence-electron chi connectivity index (χ0n) is 11.1. The summed E-state index contributed by atoms with van der Waals surface area (Å²) in [5.41, 5.74) is 7.99. The number of benzene rings is 1. The van der Waals surface area contributed by atoms with Gasteiger partial charge in [-0.1, -0.05) is 37.3 Å². The minimum absolute atomic E-state index is 1.10. The minimum atomic E-state index is 1.10. The summed E-state index contributed by atoms with van der Waals surface area (Å²) in [6.45, 7) is 14.8. The highest BCUT2D eigenvalue weighted by Gasteiger charge is 2.04. The summed E-state index contributed by atoms with van der Waals surface area (Å²) >= 11 is 0. The number of rotatable bonds is 3. The van der Waals surface area contributed by atoms with Crippen molar-refractivity contribution in [1.82, 2.24) is 0 Å². The molecule has 0 aliphatic rings. The Bertz CT molecular complexity index is 434. The van der Waals surface area contributed by atoms with Crippen LogP contribution in [0.4, 0.5) is 0 Å². The van der Waals surface area contributed by atoms with Crippen molar-refractivity contribution in [3.8, 4) is 0 Å². The molecule has 0 aliphatic heterocycles. The van der Waals surface area contributed by atoms with Crippen LogP contribution in [0.1, 0.15) is 43.0 Å². The number of allylic oxidation sites excluding steroid dienone is 2. The topological polar surface area (TPSA) is 0 Å². The molecule has 0 aromatic heterocycles. The Morgan fingerprint density at radius 1 is 1.25 bits per heavy atom. The van der Waals surface area contributed by atoms with Gasteiger partial charge in [-0.2, -0.15) is 0 Å². The maximum atomic E-state index is 3.97. The molecule has 16 heavy (non-hydrogen) atoms. The second kappa shape index (κ2) is 5.16. The molecule has 0 N–H and O–H groups in total. The highest BCUT2D eigenvalue weighted by Crippen LogP contribution is 2.22. The third kappa shape index (κ3) is 2.63. The first-order valence-electron chi connectivity index (χ1n) is 5.90. The predicted octanol–water partition coefficient (Wildman–Crippen LogP) is 4.85. The molecule has 0 atom stereocenters. The molecular weight excluding hydrogens is 192 g/mol. The maximum absolute atomic E-state index is 3.97. The van der Waals surface area contributed by atoms with E-state index >= 15 is 0 Å². The summed E-state index contributed by atoms with van der Waals surface area (Å²) in [6.07, 6.45) is 3.34. The fourth-order valence-electron chi connectivity index (χ4n) is 1.97. The summed E-state index contributed by atoms with van der Waals surface area (Å²) in [5.74, 6) is 0. The number of hydrogen-bond acceptors (Lipinski definition) is 0. The molecule has 1 aromatic carbocycles. The van der Waals surface area contributed by atoms with E-state index in [0.29, 0.717) is 0 Å². The zero-order chi connectivity index (χ0) is 12.3. The number of hydrogen-bond donors (Lipinski definition) is 0. The van der Waals surface area contributed by atoms with E-state index in [2.05, 4.69) is 59.4 Å². The summed E-state index contributed by atoms with van der Waals surface area (Å²) < 4.78 is 0. The summed E-state index contributed by atoms with van der Waals surface area (Å²) in [7, 11) is 0. The Morgan fingerprint density at radius 3 is 2.38 bits per heavy atom. The molecule has 0 unspecified atom stereocenters. The van der Waals surface area contributed by atoms with Gasteiger partial charge in [0.15, 0.2) is 0 Å². The standard InChI is InChI=1S/C16H22/c1-7-16-12(4)8-9-15(14(16)6)10-13(5)11(2)3/h8-10H,2,7H2,1,3-6H3. The minimum Gasteiger partial charge on any atom is -0.0958 e. The lowest BCUT2D eigenvalue weighted by Gasteiger charge is -2.11. The van der Waals surface area contributed by atoms with Crippen LogP contribution in [0.15, 0.2) is 29.9 Å². The van der Waals surface area contributed by atoms with Crippen LogP contribution in [0, 0.1) is 13.8 Å². The van der Waals surface area contributed by atoms with Crippen molar-refractivity contribution >= 4 is 6.08 Å². The van der Waals surface area contributed by atoms with E-state index in [1.807, 2.05) is 0 Å². The molecule has 0 spiro atoms. The van der Waals surface area contributed by atoms with E-state index < -0.39 is 0 Å². The molecule has 1 rings (SSSR count). The van der Waals surface area contributed by atoms with Gasteiger partial charge in [0.05, 0.1) is 0 Å². The van der Waals surface area contributed by atoms with Crippen molar-refractivity contribution in [2.24, 2.45) is 0 Å². The van der Waals surface area contributed by atoms with Gasteiger partial charge in [-0.25, -0.2) is 0 Å². The first-order chi connectivity index (χ1) is 7.47. The molecular formula is C16H22. The summed E-state index contributed by atoms with van der Waals surface area (Å²) in [6, 6.07) is 4.42. The molecule has 0 radical (unpaired) electrons. The number of aryl methyl sites for hydroxylation is 1. The Morgan fingerprint density at radius 2 is 1.88 bits per heavy atom. The second-order valence-corrected chi connectivity index (χ2v) is 4.54. The van der Waals surface area contributed by atoms with Gasteiger partial charge in [0, 0.05) is 0 Å². The Labute approximate surface area is 99.7 Å². The van der Waals surface area contributed by atoms with Gasteiger partial charge < -0.3 is 0 Å². The molecule has 1 aromatic rings. The van der Waals surface area contributed by atoms with Crippen molar-refractivity contribution in [2.45, 2.75) is 41.0 Å².